The minimum atomic E-state index is 0.0802. The van der Waals surface area contributed by atoms with Crippen molar-refractivity contribution in [2.24, 2.45) is 0 Å². The van der Waals surface area contributed by atoms with Gasteiger partial charge in [-0.2, -0.15) is 0 Å². The summed E-state index contributed by atoms with van der Waals surface area (Å²) in [7, 11) is 2.17. The molecule has 2 fully saturated rings. The molecule has 0 aliphatic carbocycles. The first-order valence-corrected chi connectivity index (χ1v) is 9.20. The average Bonchev–Trinajstić information content (AvgIpc) is 3.29. The van der Waals surface area contributed by atoms with Crippen molar-refractivity contribution < 1.29 is 9.15 Å². The molecule has 5 nitrogen and oxygen atoms in total. The van der Waals surface area contributed by atoms with Crippen LogP contribution in [0.25, 0.3) is 0 Å². The lowest BCUT2D eigenvalue weighted by atomic mass is 9.87. The van der Waals surface area contributed by atoms with E-state index < -0.39 is 0 Å². The van der Waals surface area contributed by atoms with Crippen molar-refractivity contribution in [2.75, 3.05) is 26.7 Å². The highest BCUT2D eigenvalue weighted by atomic mass is 16.5. The molecule has 4 rings (SSSR count). The molecular weight excluding hydrogens is 314 g/mol. The average molecular weight is 341 g/mol. The molecule has 0 bridgehead atoms. The Morgan fingerprint density at radius 2 is 2.04 bits per heavy atom. The van der Waals surface area contributed by atoms with Gasteiger partial charge in [-0.1, -0.05) is 0 Å². The van der Waals surface area contributed by atoms with Gasteiger partial charge in [-0.15, -0.1) is 0 Å². The van der Waals surface area contributed by atoms with E-state index in [2.05, 4.69) is 34.0 Å². The minimum absolute atomic E-state index is 0.0802. The van der Waals surface area contributed by atoms with Crippen LogP contribution in [-0.2, 0) is 17.8 Å². The van der Waals surface area contributed by atoms with Gasteiger partial charge in [-0.05, 0) is 56.1 Å². The van der Waals surface area contributed by atoms with E-state index in [0.717, 1.165) is 57.8 Å². The van der Waals surface area contributed by atoms with Gasteiger partial charge in [0.05, 0.1) is 25.0 Å². The van der Waals surface area contributed by atoms with Gasteiger partial charge >= 0.3 is 0 Å². The summed E-state index contributed by atoms with van der Waals surface area (Å²) in [5.41, 5.74) is 1.42. The lowest BCUT2D eigenvalue weighted by Gasteiger charge is -2.39. The second-order valence-electron chi connectivity index (χ2n) is 7.48. The molecule has 0 N–H and O–H groups in total. The van der Waals surface area contributed by atoms with Crippen LogP contribution < -0.4 is 0 Å². The maximum Gasteiger partial charge on any atom is 0.117 e. The van der Waals surface area contributed by atoms with Crippen LogP contribution in [0.4, 0.5) is 0 Å². The number of hydrogen-bond acceptors (Lipinski definition) is 5. The molecule has 134 valence electrons. The van der Waals surface area contributed by atoms with Gasteiger partial charge in [0, 0.05) is 38.1 Å². The fourth-order valence-corrected chi connectivity index (χ4v) is 4.09. The van der Waals surface area contributed by atoms with Crippen molar-refractivity contribution in [3.05, 3.63) is 54.2 Å². The van der Waals surface area contributed by atoms with E-state index in [1.807, 2.05) is 24.5 Å². The summed E-state index contributed by atoms with van der Waals surface area (Å²) >= 11 is 0. The van der Waals surface area contributed by atoms with Crippen molar-refractivity contribution >= 4 is 0 Å². The number of rotatable bonds is 5. The molecular formula is C20H27N3O2. The molecule has 0 aromatic carbocycles. The van der Waals surface area contributed by atoms with Crippen LogP contribution in [0.2, 0.25) is 0 Å². The number of nitrogens with zero attached hydrogens (tertiary/aromatic N) is 3. The van der Waals surface area contributed by atoms with Crippen molar-refractivity contribution in [1.29, 1.82) is 0 Å². The van der Waals surface area contributed by atoms with E-state index in [1.54, 1.807) is 6.26 Å². The lowest BCUT2D eigenvalue weighted by molar-refractivity contribution is -0.0452. The van der Waals surface area contributed by atoms with E-state index in [1.165, 1.54) is 5.56 Å². The van der Waals surface area contributed by atoms with Crippen molar-refractivity contribution in [2.45, 2.75) is 44.0 Å². The maximum absolute atomic E-state index is 6.32. The molecule has 25 heavy (non-hydrogen) atoms. The standard InChI is InChI=1S/C20H27N3O2/c1-22(15-19-3-2-12-24-19)18-13-20(25-16-18)6-10-23(11-7-20)14-17-4-8-21-9-5-17/h2-5,8-9,12,18H,6-7,10-11,13-16H2,1H3/t18-/m1/s1. The number of ether oxygens (including phenoxy) is 1. The van der Waals surface area contributed by atoms with E-state index in [4.69, 9.17) is 9.15 Å². The molecule has 0 amide bonds. The number of likely N-dealkylation sites (tertiary alicyclic amines) is 1. The lowest BCUT2D eigenvalue weighted by Crippen LogP contribution is -2.44. The molecule has 1 spiro atoms. The van der Waals surface area contributed by atoms with Gasteiger partial charge < -0.3 is 9.15 Å². The van der Waals surface area contributed by atoms with Crippen molar-refractivity contribution in [1.82, 2.24) is 14.8 Å². The number of likely N-dealkylation sites (N-methyl/N-ethyl adjacent to an activating group) is 1. The normalized spacial score (nSPS) is 23.5. The summed E-state index contributed by atoms with van der Waals surface area (Å²) in [5.74, 6) is 1.02. The van der Waals surface area contributed by atoms with Gasteiger partial charge in [-0.25, -0.2) is 0 Å². The zero-order valence-corrected chi connectivity index (χ0v) is 14.9. The predicted octanol–water partition coefficient (Wildman–Crippen LogP) is 2.93. The molecule has 2 aliphatic heterocycles. The van der Waals surface area contributed by atoms with Crippen LogP contribution in [0.15, 0.2) is 47.3 Å². The van der Waals surface area contributed by atoms with Crippen LogP contribution in [0, 0.1) is 0 Å². The number of hydrogen-bond donors (Lipinski definition) is 0. The van der Waals surface area contributed by atoms with Crippen LogP contribution >= 0.6 is 0 Å². The minimum Gasteiger partial charge on any atom is -0.468 e. The summed E-state index contributed by atoms with van der Waals surface area (Å²) in [4.78, 5) is 9.00. The summed E-state index contributed by atoms with van der Waals surface area (Å²) in [6, 6.07) is 8.69. The van der Waals surface area contributed by atoms with Crippen molar-refractivity contribution in [3.8, 4) is 0 Å². The fourth-order valence-electron chi connectivity index (χ4n) is 4.09. The Balaban J connectivity index is 1.28. The quantitative estimate of drug-likeness (QED) is 0.836. The van der Waals surface area contributed by atoms with Crippen molar-refractivity contribution in [3.63, 3.8) is 0 Å². The van der Waals surface area contributed by atoms with Gasteiger partial charge in [0.15, 0.2) is 0 Å². The Morgan fingerprint density at radius 3 is 2.76 bits per heavy atom. The first-order chi connectivity index (χ1) is 12.2. The fraction of sp³-hybridized carbons (Fsp3) is 0.550. The molecule has 1 atom stereocenters. The maximum atomic E-state index is 6.32. The molecule has 0 saturated carbocycles. The monoisotopic (exact) mass is 341 g/mol. The zero-order valence-electron chi connectivity index (χ0n) is 14.9. The highest BCUT2D eigenvalue weighted by Gasteiger charge is 2.43. The van der Waals surface area contributed by atoms with E-state index in [-0.39, 0.29) is 5.60 Å². The third-order valence-electron chi connectivity index (χ3n) is 5.72. The number of furan rings is 1. The molecule has 2 aromatic heterocycles. The number of pyridine rings is 1. The van der Waals surface area contributed by atoms with Gasteiger partial charge in [0.1, 0.15) is 5.76 Å². The molecule has 0 radical (unpaired) electrons. The summed E-state index contributed by atoms with van der Waals surface area (Å²) in [6.07, 6.45) is 8.88. The van der Waals surface area contributed by atoms with E-state index in [0.29, 0.717) is 6.04 Å². The van der Waals surface area contributed by atoms with Gasteiger partial charge in [-0.3, -0.25) is 14.8 Å². The number of aromatic nitrogens is 1. The Morgan fingerprint density at radius 1 is 1.24 bits per heavy atom. The van der Waals surface area contributed by atoms with Crippen LogP contribution in [0.5, 0.6) is 0 Å². The molecule has 4 heterocycles. The smallest absolute Gasteiger partial charge is 0.117 e. The number of piperidine rings is 1. The highest BCUT2D eigenvalue weighted by molar-refractivity contribution is 5.10. The topological polar surface area (TPSA) is 41.7 Å². The first-order valence-electron chi connectivity index (χ1n) is 9.20. The Kier molecular flexibility index (Phi) is 4.88. The Bertz CT molecular complexity index is 651. The first kappa shape index (κ1) is 16.8. The summed E-state index contributed by atoms with van der Waals surface area (Å²) < 4.78 is 11.8. The van der Waals surface area contributed by atoms with Gasteiger partial charge in [0.2, 0.25) is 0 Å². The SMILES string of the molecule is CN(Cc1ccco1)[C@H]1COC2(CCN(Cc3ccncc3)CC2)C1. The van der Waals surface area contributed by atoms with Crippen LogP contribution in [-0.4, -0.2) is 53.2 Å². The summed E-state index contributed by atoms with van der Waals surface area (Å²) in [6.45, 7) is 4.92. The molecule has 0 unspecified atom stereocenters. The molecule has 2 aromatic rings. The van der Waals surface area contributed by atoms with Crippen LogP contribution in [0.3, 0.4) is 0 Å². The largest absolute Gasteiger partial charge is 0.468 e. The van der Waals surface area contributed by atoms with E-state index >= 15 is 0 Å². The Labute approximate surface area is 149 Å². The molecule has 2 saturated heterocycles. The van der Waals surface area contributed by atoms with Crippen LogP contribution in [0.1, 0.15) is 30.6 Å². The second kappa shape index (κ2) is 7.28. The predicted molar refractivity (Wildman–Crippen MR) is 96.0 cm³/mol. The zero-order chi connectivity index (χ0) is 17.1. The second-order valence-corrected chi connectivity index (χ2v) is 7.48. The summed E-state index contributed by atoms with van der Waals surface area (Å²) in [5, 5.41) is 0. The molecule has 2 aliphatic rings. The third-order valence-corrected chi connectivity index (χ3v) is 5.72. The van der Waals surface area contributed by atoms with E-state index in [9.17, 15) is 0 Å². The highest BCUT2D eigenvalue weighted by Crippen LogP contribution is 2.38. The third kappa shape index (κ3) is 3.94. The molecule has 5 heteroatoms. The Hall–Kier alpha value is -1.69. The van der Waals surface area contributed by atoms with Gasteiger partial charge in [0.25, 0.3) is 0 Å².